The summed E-state index contributed by atoms with van der Waals surface area (Å²) in [6.07, 6.45) is 0. The molecule has 2 aromatic rings. The fourth-order valence-electron chi connectivity index (χ4n) is 3.58. The van der Waals surface area contributed by atoms with Gasteiger partial charge in [-0.3, -0.25) is 14.9 Å². The first-order valence-corrected chi connectivity index (χ1v) is 11.6. The molecule has 0 radical (unpaired) electrons. The monoisotopic (exact) mass is 462 g/mol. The van der Waals surface area contributed by atoms with E-state index in [0.717, 1.165) is 28.3 Å². The van der Waals surface area contributed by atoms with E-state index in [1.165, 1.54) is 16.4 Å². The van der Waals surface area contributed by atoms with Crippen LogP contribution in [-0.2, 0) is 14.8 Å². The Labute approximate surface area is 187 Å². The summed E-state index contributed by atoms with van der Waals surface area (Å²) in [6, 6.07) is 5.23. The van der Waals surface area contributed by atoms with Gasteiger partial charge in [0.15, 0.2) is 18.1 Å². The van der Waals surface area contributed by atoms with Crippen LogP contribution in [0.15, 0.2) is 29.2 Å². The van der Waals surface area contributed by atoms with Crippen LogP contribution in [0.4, 0.5) is 5.69 Å². The molecule has 1 aliphatic heterocycles. The number of nitro benzene ring substituents is 1. The third-order valence-electron chi connectivity index (χ3n) is 5.88. The second-order valence-electron chi connectivity index (χ2n) is 7.73. The molecule has 172 valence electrons. The highest BCUT2D eigenvalue weighted by Gasteiger charge is 2.29. The van der Waals surface area contributed by atoms with Gasteiger partial charge in [-0.05, 0) is 68.1 Å². The first kappa shape index (κ1) is 23.8. The molecule has 1 fully saturated rings. The zero-order valence-corrected chi connectivity index (χ0v) is 19.3. The lowest BCUT2D eigenvalue weighted by Gasteiger charge is -2.26. The lowest BCUT2D eigenvalue weighted by Crippen LogP contribution is -2.40. The summed E-state index contributed by atoms with van der Waals surface area (Å²) in [4.78, 5) is 23.4. The third-order valence-corrected chi connectivity index (χ3v) is 7.77. The highest BCUT2D eigenvalue weighted by Crippen LogP contribution is 2.31. The maximum Gasteiger partial charge on any atom is 0.312 e. The van der Waals surface area contributed by atoms with Crippen molar-refractivity contribution in [2.24, 2.45) is 0 Å². The Bertz CT molecular complexity index is 1170. The SMILES string of the molecule is Cc1cc(C(=O)COc2ccc(S(=O)(=O)N3CCOCC3)cc2[N+](=O)[O-])c(C)c(C)c1C. The van der Waals surface area contributed by atoms with Crippen LogP contribution >= 0.6 is 0 Å². The highest BCUT2D eigenvalue weighted by atomic mass is 32.2. The van der Waals surface area contributed by atoms with Gasteiger partial charge >= 0.3 is 5.69 Å². The molecular formula is C22H26N2O7S. The van der Waals surface area contributed by atoms with E-state index in [0.29, 0.717) is 5.56 Å². The number of Topliss-reactive ketones (excluding diaryl/α,β-unsaturated/α-hetero) is 1. The van der Waals surface area contributed by atoms with E-state index >= 15 is 0 Å². The van der Waals surface area contributed by atoms with Gasteiger partial charge in [0, 0.05) is 24.7 Å². The maximum absolute atomic E-state index is 12.8. The van der Waals surface area contributed by atoms with Gasteiger partial charge in [-0.2, -0.15) is 4.31 Å². The van der Waals surface area contributed by atoms with E-state index in [1.54, 1.807) is 6.07 Å². The minimum atomic E-state index is -3.90. The number of nitro groups is 1. The summed E-state index contributed by atoms with van der Waals surface area (Å²) >= 11 is 0. The number of nitrogens with zero attached hydrogens (tertiary/aromatic N) is 2. The van der Waals surface area contributed by atoms with Crippen molar-refractivity contribution in [3.8, 4) is 5.75 Å². The Morgan fingerprint density at radius 3 is 2.38 bits per heavy atom. The van der Waals surface area contributed by atoms with Gasteiger partial charge in [0.1, 0.15) is 0 Å². The Kier molecular flexibility index (Phi) is 6.97. The van der Waals surface area contributed by atoms with Crippen molar-refractivity contribution in [1.82, 2.24) is 4.31 Å². The molecule has 0 bridgehead atoms. The molecule has 0 aliphatic carbocycles. The molecule has 0 aromatic heterocycles. The van der Waals surface area contributed by atoms with Crippen molar-refractivity contribution in [3.63, 3.8) is 0 Å². The van der Waals surface area contributed by atoms with Crippen molar-refractivity contribution < 1.29 is 27.6 Å². The van der Waals surface area contributed by atoms with Gasteiger partial charge in [-0.1, -0.05) is 0 Å². The minimum absolute atomic E-state index is 0.164. The Morgan fingerprint density at radius 1 is 1.09 bits per heavy atom. The topological polar surface area (TPSA) is 116 Å². The molecular weight excluding hydrogens is 436 g/mol. The number of hydrogen-bond acceptors (Lipinski definition) is 7. The fourth-order valence-corrected chi connectivity index (χ4v) is 5.01. The van der Waals surface area contributed by atoms with E-state index in [-0.39, 0.29) is 42.7 Å². The standard InChI is InChI=1S/C22H26N2O7S/c1-14-11-19(17(4)16(3)15(14)2)21(25)13-31-22-6-5-18(12-20(22)24(26)27)32(28,29)23-7-9-30-10-8-23/h5-6,11-12H,7-10,13H2,1-4H3. The molecule has 32 heavy (non-hydrogen) atoms. The Balaban J connectivity index is 1.85. The van der Waals surface area contributed by atoms with Gasteiger partial charge in [-0.25, -0.2) is 8.42 Å². The third kappa shape index (κ3) is 4.67. The van der Waals surface area contributed by atoms with E-state index < -0.39 is 27.2 Å². The first-order chi connectivity index (χ1) is 15.0. The van der Waals surface area contributed by atoms with Crippen molar-refractivity contribution in [1.29, 1.82) is 0 Å². The van der Waals surface area contributed by atoms with Crippen LogP contribution in [0.5, 0.6) is 5.75 Å². The number of carbonyl (C=O) groups is 1. The number of sulfonamides is 1. The van der Waals surface area contributed by atoms with Crippen LogP contribution in [-0.4, -0.2) is 56.3 Å². The van der Waals surface area contributed by atoms with Crippen molar-refractivity contribution >= 4 is 21.5 Å². The van der Waals surface area contributed by atoms with Gasteiger partial charge < -0.3 is 9.47 Å². The molecule has 0 saturated carbocycles. The number of ether oxygens (including phenoxy) is 2. The largest absolute Gasteiger partial charge is 0.478 e. The number of benzene rings is 2. The average molecular weight is 463 g/mol. The molecule has 10 heteroatoms. The lowest BCUT2D eigenvalue weighted by molar-refractivity contribution is -0.386. The number of hydrogen-bond donors (Lipinski definition) is 0. The smallest absolute Gasteiger partial charge is 0.312 e. The van der Waals surface area contributed by atoms with E-state index in [4.69, 9.17) is 9.47 Å². The quantitative estimate of drug-likeness (QED) is 0.353. The average Bonchev–Trinajstić information content (AvgIpc) is 2.78. The zero-order valence-electron chi connectivity index (χ0n) is 18.5. The molecule has 1 saturated heterocycles. The van der Waals surface area contributed by atoms with E-state index in [2.05, 4.69) is 0 Å². The number of ketones is 1. The predicted molar refractivity (Wildman–Crippen MR) is 118 cm³/mol. The van der Waals surface area contributed by atoms with Crippen LogP contribution in [0.25, 0.3) is 0 Å². The first-order valence-electron chi connectivity index (χ1n) is 10.1. The molecule has 0 amide bonds. The zero-order chi connectivity index (χ0) is 23.6. The van der Waals surface area contributed by atoms with Crippen LogP contribution in [0.1, 0.15) is 32.6 Å². The second-order valence-corrected chi connectivity index (χ2v) is 9.67. The van der Waals surface area contributed by atoms with Crippen molar-refractivity contribution in [2.75, 3.05) is 32.9 Å². The van der Waals surface area contributed by atoms with E-state index in [1.807, 2.05) is 27.7 Å². The van der Waals surface area contributed by atoms with Gasteiger partial charge in [0.2, 0.25) is 10.0 Å². The normalized spacial score (nSPS) is 14.9. The number of aryl methyl sites for hydroxylation is 1. The highest BCUT2D eigenvalue weighted by molar-refractivity contribution is 7.89. The van der Waals surface area contributed by atoms with Crippen LogP contribution in [0.3, 0.4) is 0 Å². The van der Waals surface area contributed by atoms with Gasteiger partial charge in [0.25, 0.3) is 0 Å². The summed E-state index contributed by atoms with van der Waals surface area (Å²) in [6.45, 7) is 8.17. The number of morpholine rings is 1. The predicted octanol–water partition coefficient (Wildman–Crippen LogP) is 3.11. The van der Waals surface area contributed by atoms with Crippen LogP contribution in [0.2, 0.25) is 0 Å². The maximum atomic E-state index is 12.8. The molecule has 0 spiro atoms. The van der Waals surface area contributed by atoms with Crippen LogP contribution < -0.4 is 4.74 Å². The molecule has 3 rings (SSSR count). The summed E-state index contributed by atoms with van der Waals surface area (Å²) in [7, 11) is -3.90. The summed E-state index contributed by atoms with van der Waals surface area (Å²) in [5, 5.41) is 11.6. The van der Waals surface area contributed by atoms with Gasteiger partial charge in [0.05, 0.1) is 23.0 Å². The summed E-state index contributed by atoms with van der Waals surface area (Å²) in [5.74, 6) is -0.476. The Morgan fingerprint density at radius 2 is 1.75 bits per heavy atom. The molecule has 0 unspecified atom stereocenters. The molecule has 9 nitrogen and oxygen atoms in total. The molecule has 0 N–H and O–H groups in total. The lowest BCUT2D eigenvalue weighted by atomic mass is 9.93. The molecule has 1 heterocycles. The van der Waals surface area contributed by atoms with E-state index in [9.17, 15) is 23.3 Å². The molecule has 0 atom stereocenters. The fraction of sp³-hybridized carbons (Fsp3) is 0.409. The summed E-state index contributed by atoms with van der Waals surface area (Å²) in [5.41, 5.74) is 3.91. The molecule has 2 aromatic carbocycles. The summed E-state index contributed by atoms with van der Waals surface area (Å²) < 4.78 is 37.5. The Hall–Kier alpha value is -2.82. The van der Waals surface area contributed by atoms with Gasteiger partial charge in [-0.15, -0.1) is 0 Å². The second kappa shape index (κ2) is 9.35. The van der Waals surface area contributed by atoms with Crippen molar-refractivity contribution in [3.05, 3.63) is 62.2 Å². The van der Waals surface area contributed by atoms with Crippen LogP contribution in [0, 0.1) is 37.8 Å². The number of rotatable bonds is 7. The number of carbonyl (C=O) groups excluding carboxylic acids is 1. The minimum Gasteiger partial charge on any atom is -0.478 e. The molecule has 1 aliphatic rings. The van der Waals surface area contributed by atoms with Crippen molar-refractivity contribution in [2.45, 2.75) is 32.6 Å².